The van der Waals surface area contributed by atoms with Crippen molar-refractivity contribution in [3.63, 3.8) is 0 Å². The number of hydrogen-bond donors (Lipinski definition) is 3. The number of likely N-dealkylation sites (tertiary alicyclic amines) is 1. The lowest BCUT2D eigenvalue weighted by Gasteiger charge is -2.34. The van der Waals surface area contributed by atoms with Crippen LogP contribution >= 0.6 is 0 Å². The molecular formula is C36H44F2N10O4S. The van der Waals surface area contributed by atoms with Crippen molar-refractivity contribution in [1.29, 1.82) is 0 Å². The maximum atomic E-state index is 13.3. The Bertz CT molecular complexity index is 1930. The van der Waals surface area contributed by atoms with Crippen molar-refractivity contribution in [2.75, 3.05) is 54.8 Å². The maximum absolute atomic E-state index is 13.3. The van der Waals surface area contributed by atoms with Crippen molar-refractivity contribution < 1.29 is 27.3 Å². The van der Waals surface area contributed by atoms with Gasteiger partial charge in [0, 0.05) is 62.8 Å². The standard InChI is InChI=1S/C36H44F2N10O4S/c1-23(22-46-14-9-24(10-15-46)25-3-8-30-31(19-25)45(2)44-33(30)48-18-13-32(49)43-36(48)50)41-26-4-6-29(7-5-26)53(51)47-16-11-27(12-17-47)42-35-39-20-28(21-40-35)52-34(37)38/h3-8,19-21,23-24,27,34,41H,9-18,22H2,1-2H3,(H,39,40,42)(H,43,49,50). The van der Waals surface area contributed by atoms with Crippen LogP contribution in [-0.2, 0) is 22.8 Å². The molecule has 3 saturated heterocycles. The first-order valence-corrected chi connectivity index (χ1v) is 19.1. The Labute approximate surface area is 308 Å². The molecule has 53 heavy (non-hydrogen) atoms. The fraction of sp³-hybridized carbons (Fsp3) is 0.472. The quantitative estimate of drug-likeness (QED) is 0.186. The van der Waals surface area contributed by atoms with Crippen molar-refractivity contribution in [3.05, 3.63) is 60.4 Å². The highest BCUT2D eigenvalue weighted by Crippen LogP contribution is 2.34. The van der Waals surface area contributed by atoms with Gasteiger partial charge in [-0.1, -0.05) is 6.07 Å². The molecule has 0 radical (unpaired) electrons. The zero-order valence-corrected chi connectivity index (χ0v) is 30.5. The Morgan fingerprint density at radius 1 is 0.981 bits per heavy atom. The van der Waals surface area contributed by atoms with Gasteiger partial charge < -0.3 is 20.3 Å². The van der Waals surface area contributed by atoms with Gasteiger partial charge in [-0.05, 0) is 93.6 Å². The number of imide groups is 1. The van der Waals surface area contributed by atoms with Gasteiger partial charge in [0.25, 0.3) is 0 Å². The van der Waals surface area contributed by atoms with Gasteiger partial charge in [-0.2, -0.15) is 13.9 Å². The first kappa shape index (κ1) is 36.6. The largest absolute Gasteiger partial charge is 0.432 e. The number of aromatic nitrogens is 4. The molecule has 3 fully saturated rings. The van der Waals surface area contributed by atoms with Gasteiger partial charge in [0.2, 0.25) is 11.9 Å². The molecule has 4 aromatic rings. The molecule has 2 atom stereocenters. The van der Waals surface area contributed by atoms with E-state index in [9.17, 15) is 22.6 Å². The maximum Gasteiger partial charge on any atom is 0.387 e. The lowest BCUT2D eigenvalue weighted by Crippen LogP contribution is -2.49. The number of benzene rings is 2. The third-order valence-electron chi connectivity index (χ3n) is 10.1. The number of carbonyl (C=O) groups excluding carboxylic acids is 2. The monoisotopic (exact) mass is 750 g/mol. The van der Waals surface area contributed by atoms with Gasteiger partial charge in [-0.25, -0.2) is 23.3 Å². The molecule has 17 heteroatoms. The molecule has 7 rings (SSSR count). The molecule has 282 valence electrons. The van der Waals surface area contributed by atoms with E-state index in [0.29, 0.717) is 37.3 Å². The number of carbonyl (C=O) groups is 2. The van der Waals surface area contributed by atoms with Crippen LogP contribution in [0.5, 0.6) is 5.75 Å². The zero-order valence-electron chi connectivity index (χ0n) is 29.7. The predicted octanol–water partition coefficient (Wildman–Crippen LogP) is 4.69. The summed E-state index contributed by atoms with van der Waals surface area (Å²) in [6.07, 6.45) is 6.26. The third-order valence-corrected chi connectivity index (χ3v) is 11.6. The summed E-state index contributed by atoms with van der Waals surface area (Å²) in [5, 5.41) is 14.7. The third kappa shape index (κ3) is 8.74. The summed E-state index contributed by atoms with van der Waals surface area (Å²) in [5.74, 6) is 1.00. The zero-order chi connectivity index (χ0) is 37.1. The number of nitrogens with one attached hydrogen (secondary N) is 3. The van der Waals surface area contributed by atoms with E-state index in [0.717, 1.165) is 66.8 Å². The van der Waals surface area contributed by atoms with Crippen molar-refractivity contribution >= 4 is 51.3 Å². The van der Waals surface area contributed by atoms with Crippen molar-refractivity contribution in [1.82, 2.24) is 34.3 Å². The molecule has 3 aliphatic rings. The number of amides is 3. The van der Waals surface area contributed by atoms with Gasteiger partial charge in [-0.15, -0.1) is 0 Å². The van der Waals surface area contributed by atoms with Crippen LogP contribution in [-0.4, -0.2) is 103 Å². The van der Waals surface area contributed by atoms with Crippen LogP contribution in [0.25, 0.3) is 10.9 Å². The van der Waals surface area contributed by atoms with E-state index in [1.165, 1.54) is 18.0 Å². The Kier molecular flexibility index (Phi) is 11.1. The minimum Gasteiger partial charge on any atom is -0.432 e. The lowest BCUT2D eigenvalue weighted by molar-refractivity contribution is -0.120. The van der Waals surface area contributed by atoms with E-state index in [-0.39, 0.29) is 30.2 Å². The SMILES string of the molecule is CC(CN1CCC(c2ccc3c(N4CCC(=O)NC4=O)nn(C)c3c2)CC1)Nc1ccc(S(=O)N2CCC(Nc3ncc(OC(F)F)cn3)CC2)cc1. The summed E-state index contributed by atoms with van der Waals surface area (Å²) in [5.41, 5.74) is 3.23. The van der Waals surface area contributed by atoms with Crippen LogP contribution in [0.15, 0.2) is 59.8 Å². The summed E-state index contributed by atoms with van der Waals surface area (Å²) in [7, 11) is 0.604. The van der Waals surface area contributed by atoms with Gasteiger partial charge in [0.05, 0.1) is 22.8 Å². The summed E-state index contributed by atoms with van der Waals surface area (Å²) in [6, 6.07) is 14.1. The highest BCUT2D eigenvalue weighted by Gasteiger charge is 2.29. The van der Waals surface area contributed by atoms with E-state index in [1.807, 2.05) is 40.3 Å². The molecule has 0 aliphatic carbocycles. The Balaban J connectivity index is 0.848. The minimum atomic E-state index is -2.92. The highest BCUT2D eigenvalue weighted by atomic mass is 32.2. The Hall–Kier alpha value is -4.74. The minimum absolute atomic E-state index is 0.0839. The molecule has 3 N–H and O–H groups in total. The molecule has 3 aliphatic heterocycles. The highest BCUT2D eigenvalue weighted by molar-refractivity contribution is 7.82. The second-order valence-electron chi connectivity index (χ2n) is 13.8. The summed E-state index contributed by atoms with van der Waals surface area (Å²) in [6.45, 7) is 3.73. The van der Waals surface area contributed by atoms with Crippen LogP contribution in [0.2, 0.25) is 0 Å². The van der Waals surface area contributed by atoms with Crippen molar-refractivity contribution in [3.8, 4) is 5.75 Å². The number of nitrogens with zero attached hydrogens (tertiary/aromatic N) is 7. The number of halogens is 2. The fourth-order valence-corrected chi connectivity index (χ4v) is 8.57. The fourth-order valence-electron chi connectivity index (χ4n) is 7.36. The molecule has 5 heterocycles. The van der Waals surface area contributed by atoms with E-state index >= 15 is 0 Å². The second-order valence-corrected chi connectivity index (χ2v) is 15.3. The lowest BCUT2D eigenvalue weighted by atomic mass is 9.89. The van der Waals surface area contributed by atoms with E-state index in [4.69, 9.17) is 0 Å². The number of anilines is 3. The number of hydrogen-bond acceptors (Lipinski definition) is 10. The molecule has 0 saturated carbocycles. The molecule has 14 nitrogen and oxygen atoms in total. The first-order valence-electron chi connectivity index (χ1n) is 18.0. The molecule has 0 bridgehead atoms. The van der Waals surface area contributed by atoms with Gasteiger partial charge in [0.1, 0.15) is 11.0 Å². The van der Waals surface area contributed by atoms with E-state index in [2.05, 4.69) is 65.8 Å². The number of rotatable bonds is 12. The van der Waals surface area contributed by atoms with Gasteiger partial charge in [-0.3, -0.25) is 19.7 Å². The number of aryl methyl sites for hydroxylation is 1. The van der Waals surface area contributed by atoms with Crippen LogP contribution in [0.3, 0.4) is 0 Å². The molecule has 2 unspecified atom stereocenters. The Morgan fingerprint density at radius 3 is 2.38 bits per heavy atom. The first-order chi connectivity index (χ1) is 25.6. The average molecular weight is 751 g/mol. The molecule has 2 aromatic carbocycles. The summed E-state index contributed by atoms with van der Waals surface area (Å²) >= 11 is 0. The van der Waals surface area contributed by atoms with Gasteiger partial charge in [0.15, 0.2) is 11.6 Å². The normalized spacial score (nSPS) is 19.4. The number of piperidine rings is 2. The molecular weight excluding hydrogens is 707 g/mol. The predicted molar refractivity (Wildman–Crippen MR) is 197 cm³/mol. The average Bonchev–Trinajstić information content (AvgIpc) is 3.47. The van der Waals surface area contributed by atoms with Crippen LogP contribution in [0, 0.1) is 0 Å². The molecule has 3 amide bonds. The molecule has 0 spiro atoms. The topological polar surface area (TPSA) is 150 Å². The van der Waals surface area contributed by atoms with Crippen LogP contribution in [0.1, 0.15) is 50.5 Å². The summed E-state index contributed by atoms with van der Waals surface area (Å²) in [4.78, 5) is 37.0. The van der Waals surface area contributed by atoms with E-state index < -0.39 is 23.6 Å². The number of fused-ring (bicyclic) bond motifs is 1. The van der Waals surface area contributed by atoms with Gasteiger partial charge >= 0.3 is 12.6 Å². The van der Waals surface area contributed by atoms with Crippen LogP contribution in [0.4, 0.5) is 31.0 Å². The summed E-state index contributed by atoms with van der Waals surface area (Å²) < 4.78 is 46.1. The van der Waals surface area contributed by atoms with Crippen molar-refractivity contribution in [2.24, 2.45) is 7.05 Å². The number of alkyl halides is 2. The second kappa shape index (κ2) is 16.1. The van der Waals surface area contributed by atoms with Crippen molar-refractivity contribution in [2.45, 2.75) is 68.5 Å². The smallest absolute Gasteiger partial charge is 0.387 e. The number of urea groups is 1. The molecule has 2 aromatic heterocycles. The van der Waals surface area contributed by atoms with E-state index in [1.54, 1.807) is 4.90 Å². The number of ether oxygens (including phenoxy) is 1. The van der Waals surface area contributed by atoms with Crippen LogP contribution < -0.4 is 25.6 Å². The Morgan fingerprint density at radius 2 is 1.70 bits per heavy atom.